The molecule has 17 heavy (non-hydrogen) atoms. The number of hydrogen-bond acceptors (Lipinski definition) is 3. The summed E-state index contributed by atoms with van der Waals surface area (Å²) in [5.41, 5.74) is 0.779. The molecular formula is C12H12BrN3O. The van der Waals surface area contributed by atoms with E-state index in [1.807, 2.05) is 18.2 Å². The standard InChI is InChI=1S/C12H12BrN3O/c13-9-2-1-3-10-11(9)12(17)16(7-15-10)6-8-4-14-5-8/h1-3,7-8,14H,4-6H2. The third-order valence-electron chi connectivity index (χ3n) is 3.12. The van der Waals surface area contributed by atoms with Crippen LogP contribution in [0.1, 0.15) is 0 Å². The van der Waals surface area contributed by atoms with E-state index in [2.05, 4.69) is 26.2 Å². The van der Waals surface area contributed by atoms with E-state index in [4.69, 9.17) is 0 Å². The van der Waals surface area contributed by atoms with Crippen molar-refractivity contribution in [2.45, 2.75) is 6.54 Å². The number of nitrogens with one attached hydrogen (secondary N) is 1. The van der Waals surface area contributed by atoms with Gasteiger partial charge in [-0.2, -0.15) is 0 Å². The molecule has 1 aliphatic heterocycles. The molecule has 88 valence electrons. The van der Waals surface area contributed by atoms with Gasteiger partial charge in [-0.15, -0.1) is 0 Å². The first kappa shape index (κ1) is 10.9. The zero-order chi connectivity index (χ0) is 11.8. The lowest BCUT2D eigenvalue weighted by Gasteiger charge is -2.27. The molecule has 0 amide bonds. The van der Waals surface area contributed by atoms with Crippen molar-refractivity contribution in [2.24, 2.45) is 5.92 Å². The molecule has 2 heterocycles. The van der Waals surface area contributed by atoms with Gasteiger partial charge in [0.05, 0.1) is 17.2 Å². The van der Waals surface area contributed by atoms with Crippen molar-refractivity contribution in [2.75, 3.05) is 13.1 Å². The Balaban J connectivity index is 2.11. The summed E-state index contributed by atoms with van der Waals surface area (Å²) >= 11 is 3.41. The van der Waals surface area contributed by atoms with Gasteiger partial charge in [-0.05, 0) is 28.1 Å². The molecule has 1 aliphatic rings. The Kier molecular flexibility index (Phi) is 2.72. The number of fused-ring (bicyclic) bond motifs is 1. The van der Waals surface area contributed by atoms with Crippen molar-refractivity contribution in [1.29, 1.82) is 0 Å². The molecule has 0 radical (unpaired) electrons. The Hall–Kier alpha value is -1.20. The third kappa shape index (κ3) is 1.89. The molecule has 0 unspecified atom stereocenters. The molecule has 3 rings (SSSR count). The van der Waals surface area contributed by atoms with Gasteiger partial charge >= 0.3 is 0 Å². The lowest BCUT2D eigenvalue weighted by atomic mass is 10.0. The zero-order valence-electron chi connectivity index (χ0n) is 9.19. The summed E-state index contributed by atoms with van der Waals surface area (Å²) < 4.78 is 2.52. The summed E-state index contributed by atoms with van der Waals surface area (Å²) in [5, 5.41) is 3.87. The fourth-order valence-electron chi connectivity index (χ4n) is 2.05. The Morgan fingerprint density at radius 3 is 3.00 bits per heavy atom. The van der Waals surface area contributed by atoms with E-state index >= 15 is 0 Å². The van der Waals surface area contributed by atoms with Crippen LogP contribution in [0.2, 0.25) is 0 Å². The molecule has 1 aromatic carbocycles. The van der Waals surface area contributed by atoms with Gasteiger partial charge in [0.25, 0.3) is 5.56 Å². The summed E-state index contributed by atoms with van der Waals surface area (Å²) in [6.45, 7) is 2.72. The summed E-state index contributed by atoms with van der Waals surface area (Å²) in [6.07, 6.45) is 1.65. The van der Waals surface area contributed by atoms with Crippen LogP contribution >= 0.6 is 15.9 Å². The van der Waals surface area contributed by atoms with Gasteiger partial charge in [0.15, 0.2) is 0 Å². The molecule has 0 spiro atoms. The van der Waals surface area contributed by atoms with E-state index in [9.17, 15) is 4.79 Å². The summed E-state index contributed by atoms with van der Waals surface area (Å²) in [7, 11) is 0. The molecule has 4 nitrogen and oxygen atoms in total. The van der Waals surface area contributed by atoms with Gasteiger partial charge in [0.1, 0.15) is 0 Å². The number of benzene rings is 1. The fraction of sp³-hybridized carbons (Fsp3) is 0.333. The predicted octanol–water partition coefficient (Wildman–Crippen LogP) is 1.38. The van der Waals surface area contributed by atoms with Crippen molar-refractivity contribution in [3.05, 3.63) is 39.4 Å². The average molecular weight is 294 g/mol. The number of hydrogen-bond donors (Lipinski definition) is 1. The monoisotopic (exact) mass is 293 g/mol. The largest absolute Gasteiger partial charge is 0.316 e. The molecular weight excluding hydrogens is 282 g/mol. The van der Waals surface area contributed by atoms with E-state index in [0.717, 1.165) is 29.6 Å². The average Bonchev–Trinajstić information content (AvgIpc) is 2.26. The van der Waals surface area contributed by atoms with Crippen molar-refractivity contribution in [3.8, 4) is 0 Å². The SMILES string of the molecule is O=c1c2c(Br)cccc2ncn1CC1CNC1. The Bertz CT molecular complexity index is 619. The Morgan fingerprint density at radius 1 is 1.47 bits per heavy atom. The van der Waals surface area contributed by atoms with Crippen LogP contribution in [0, 0.1) is 5.92 Å². The normalized spacial score (nSPS) is 16.1. The molecule has 1 aromatic heterocycles. The topological polar surface area (TPSA) is 46.9 Å². The molecule has 1 saturated heterocycles. The van der Waals surface area contributed by atoms with Crippen LogP contribution in [0.15, 0.2) is 33.8 Å². The molecule has 2 aromatic rings. The molecule has 0 saturated carbocycles. The minimum absolute atomic E-state index is 0.0365. The highest BCUT2D eigenvalue weighted by molar-refractivity contribution is 9.10. The van der Waals surface area contributed by atoms with Gasteiger partial charge in [-0.1, -0.05) is 6.07 Å². The predicted molar refractivity (Wildman–Crippen MR) is 70.1 cm³/mol. The molecule has 0 atom stereocenters. The third-order valence-corrected chi connectivity index (χ3v) is 3.78. The van der Waals surface area contributed by atoms with Crippen molar-refractivity contribution in [1.82, 2.24) is 14.9 Å². The maximum absolute atomic E-state index is 12.3. The Labute approximate surface area is 107 Å². The first-order chi connectivity index (χ1) is 8.25. The molecule has 1 N–H and O–H groups in total. The van der Waals surface area contributed by atoms with Crippen LogP contribution < -0.4 is 10.9 Å². The number of rotatable bonds is 2. The number of nitrogens with zero attached hydrogens (tertiary/aromatic N) is 2. The maximum Gasteiger partial charge on any atom is 0.262 e. The van der Waals surface area contributed by atoms with Crippen LogP contribution in [0.5, 0.6) is 0 Å². The van der Waals surface area contributed by atoms with Crippen molar-refractivity contribution in [3.63, 3.8) is 0 Å². The summed E-state index contributed by atoms with van der Waals surface area (Å²) in [6, 6.07) is 5.62. The summed E-state index contributed by atoms with van der Waals surface area (Å²) in [5.74, 6) is 0.550. The van der Waals surface area contributed by atoms with Crippen molar-refractivity contribution < 1.29 is 0 Å². The highest BCUT2D eigenvalue weighted by atomic mass is 79.9. The van der Waals surface area contributed by atoms with Crippen LogP contribution in [-0.2, 0) is 6.54 Å². The van der Waals surface area contributed by atoms with Gasteiger partial charge in [-0.25, -0.2) is 4.98 Å². The number of aromatic nitrogens is 2. The van der Waals surface area contributed by atoms with E-state index in [1.54, 1.807) is 10.9 Å². The van der Waals surface area contributed by atoms with Crippen LogP contribution in [0.25, 0.3) is 10.9 Å². The first-order valence-electron chi connectivity index (χ1n) is 5.60. The highest BCUT2D eigenvalue weighted by Gasteiger charge is 2.18. The lowest BCUT2D eigenvalue weighted by Crippen LogP contribution is -2.45. The molecule has 0 aliphatic carbocycles. The van der Waals surface area contributed by atoms with Gasteiger partial charge in [-0.3, -0.25) is 9.36 Å². The minimum atomic E-state index is 0.0365. The van der Waals surface area contributed by atoms with Crippen molar-refractivity contribution >= 4 is 26.8 Å². The van der Waals surface area contributed by atoms with Gasteiger partial charge in [0.2, 0.25) is 0 Å². The smallest absolute Gasteiger partial charge is 0.262 e. The first-order valence-corrected chi connectivity index (χ1v) is 6.39. The highest BCUT2D eigenvalue weighted by Crippen LogP contribution is 2.18. The van der Waals surface area contributed by atoms with Gasteiger partial charge in [0, 0.05) is 30.0 Å². The summed E-state index contributed by atoms with van der Waals surface area (Å²) in [4.78, 5) is 16.6. The molecule has 0 bridgehead atoms. The Morgan fingerprint density at radius 2 is 2.29 bits per heavy atom. The second-order valence-electron chi connectivity index (χ2n) is 4.36. The van der Waals surface area contributed by atoms with Crippen LogP contribution in [-0.4, -0.2) is 22.6 Å². The maximum atomic E-state index is 12.3. The minimum Gasteiger partial charge on any atom is -0.316 e. The van der Waals surface area contributed by atoms with Crippen LogP contribution in [0.4, 0.5) is 0 Å². The quantitative estimate of drug-likeness (QED) is 0.910. The molecule has 1 fully saturated rings. The van der Waals surface area contributed by atoms with E-state index in [0.29, 0.717) is 11.3 Å². The van der Waals surface area contributed by atoms with E-state index in [-0.39, 0.29) is 5.56 Å². The van der Waals surface area contributed by atoms with Crippen LogP contribution in [0.3, 0.4) is 0 Å². The number of halogens is 1. The second-order valence-corrected chi connectivity index (χ2v) is 5.21. The van der Waals surface area contributed by atoms with E-state index < -0.39 is 0 Å². The fourth-order valence-corrected chi connectivity index (χ4v) is 2.57. The van der Waals surface area contributed by atoms with E-state index in [1.165, 1.54) is 0 Å². The lowest BCUT2D eigenvalue weighted by molar-refractivity contribution is 0.303. The second kappa shape index (κ2) is 4.23. The molecule has 5 heteroatoms. The van der Waals surface area contributed by atoms with Gasteiger partial charge < -0.3 is 5.32 Å². The zero-order valence-corrected chi connectivity index (χ0v) is 10.8.